The van der Waals surface area contributed by atoms with Crippen LogP contribution in [0.5, 0.6) is 5.75 Å². The van der Waals surface area contributed by atoms with Gasteiger partial charge >= 0.3 is 0 Å². The molecule has 1 aliphatic heterocycles. The molecule has 0 radical (unpaired) electrons. The third kappa shape index (κ3) is 3.76. The van der Waals surface area contributed by atoms with Gasteiger partial charge in [-0.2, -0.15) is 0 Å². The van der Waals surface area contributed by atoms with Crippen LogP contribution in [0.15, 0.2) is 55.1 Å². The van der Waals surface area contributed by atoms with E-state index < -0.39 is 0 Å². The molecular weight excluding hydrogens is 352 g/mol. The lowest BCUT2D eigenvalue weighted by Gasteiger charge is -2.33. The van der Waals surface area contributed by atoms with Crippen molar-refractivity contribution in [2.75, 3.05) is 13.1 Å². The van der Waals surface area contributed by atoms with Crippen LogP contribution in [0.1, 0.15) is 46.1 Å². The maximum atomic E-state index is 13.0. The van der Waals surface area contributed by atoms with Crippen molar-refractivity contribution in [3.05, 3.63) is 77.6 Å². The summed E-state index contributed by atoms with van der Waals surface area (Å²) in [5, 5.41) is 10.1. The fourth-order valence-electron chi connectivity index (χ4n) is 3.87. The maximum absolute atomic E-state index is 13.0. The molecule has 1 saturated heterocycles. The van der Waals surface area contributed by atoms with E-state index in [1.54, 1.807) is 24.4 Å². The van der Waals surface area contributed by atoms with Crippen LogP contribution in [0.3, 0.4) is 0 Å². The molecule has 2 aromatic heterocycles. The molecule has 3 aromatic rings. The summed E-state index contributed by atoms with van der Waals surface area (Å²) in [6.07, 6.45) is 9.34. The Bertz CT molecular complexity index is 968. The summed E-state index contributed by atoms with van der Waals surface area (Å²) in [5.41, 5.74) is 2.45. The molecule has 0 unspecified atom stereocenters. The molecule has 3 heterocycles. The number of phenols is 1. The van der Waals surface area contributed by atoms with Gasteiger partial charge in [0.05, 0.1) is 12.1 Å². The number of hydrogen-bond acceptors (Lipinski definition) is 4. The summed E-state index contributed by atoms with van der Waals surface area (Å²) in [6, 6.07) is 9.13. The molecule has 1 aromatic carbocycles. The van der Waals surface area contributed by atoms with Gasteiger partial charge in [-0.3, -0.25) is 9.78 Å². The SMILES string of the molecule is Cc1ccc(O)c(C(=O)N2CCC[C@H](c3nccn3Cc3cccnc3)C2)c1. The summed E-state index contributed by atoms with van der Waals surface area (Å²) in [5.74, 6) is 1.10. The van der Waals surface area contributed by atoms with Gasteiger partial charge in [-0.1, -0.05) is 17.7 Å². The first kappa shape index (κ1) is 18.2. The highest BCUT2D eigenvalue weighted by Gasteiger charge is 2.29. The monoisotopic (exact) mass is 376 g/mol. The van der Waals surface area contributed by atoms with Crippen LogP contribution >= 0.6 is 0 Å². The number of aromatic nitrogens is 3. The number of piperidine rings is 1. The fraction of sp³-hybridized carbons (Fsp3) is 0.318. The van der Waals surface area contributed by atoms with Crippen LogP contribution in [0.2, 0.25) is 0 Å². The molecule has 1 amide bonds. The summed E-state index contributed by atoms with van der Waals surface area (Å²) in [6.45, 7) is 3.94. The largest absolute Gasteiger partial charge is 0.507 e. The van der Waals surface area contributed by atoms with Gasteiger partial charge in [0.15, 0.2) is 0 Å². The summed E-state index contributed by atoms with van der Waals surface area (Å²) >= 11 is 0. The van der Waals surface area contributed by atoms with Gasteiger partial charge in [-0.15, -0.1) is 0 Å². The standard InChI is InChI=1S/C22H24N4O2/c1-16-6-7-20(27)19(12-16)22(28)26-10-3-5-18(15-26)21-24-9-11-25(21)14-17-4-2-8-23-13-17/h2,4,6-9,11-13,18,27H,3,5,10,14-15H2,1H3/t18-/m0/s1. The van der Waals surface area contributed by atoms with Gasteiger partial charge in [0, 0.05) is 43.8 Å². The van der Waals surface area contributed by atoms with Crippen LogP contribution in [0.4, 0.5) is 0 Å². The zero-order chi connectivity index (χ0) is 19.5. The minimum atomic E-state index is -0.115. The Hall–Kier alpha value is -3.15. The van der Waals surface area contributed by atoms with Gasteiger partial charge in [-0.25, -0.2) is 4.98 Å². The highest BCUT2D eigenvalue weighted by Crippen LogP contribution is 2.29. The average molecular weight is 376 g/mol. The summed E-state index contributed by atoms with van der Waals surface area (Å²) in [4.78, 5) is 23.6. The minimum absolute atomic E-state index is 0.0378. The second-order valence-corrected chi connectivity index (χ2v) is 7.39. The number of rotatable bonds is 4. The Kier molecular flexibility index (Phi) is 5.10. The Balaban J connectivity index is 1.53. The topological polar surface area (TPSA) is 71.2 Å². The molecular formula is C22H24N4O2. The normalized spacial score (nSPS) is 16.9. The van der Waals surface area contributed by atoms with E-state index in [1.807, 2.05) is 42.5 Å². The van der Waals surface area contributed by atoms with Crippen LogP contribution in [-0.4, -0.2) is 43.5 Å². The predicted molar refractivity (Wildman–Crippen MR) is 106 cm³/mol. The molecule has 1 atom stereocenters. The molecule has 1 aliphatic rings. The van der Waals surface area contributed by atoms with Crippen molar-refractivity contribution < 1.29 is 9.90 Å². The van der Waals surface area contributed by atoms with E-state index in [4.69, 9.17) is 0 Å². The van der Waals surface area contributed by atoms with Crippen molar-refractivity contribution in [3.63, 3.8) is 0 Å². The number of likely N-dealkylation sites (tertiary alicyclic amines) is 1. The van der Waals surface area contributed by atoms with Crippen LogP contribution in [0, 0.1) is 6.92 Å². The third-order valence-corrected chi connectivity index (χ3v) is 5.28. The second kappa shape index (κ2) is 7.84. The Morgan fingerprint density at radius 1 is 1.29 bits per heavy atom. The maximum Gasteiger partial charge on any atom is 0.257 e. The van der Waals surface area contributed by atoms with E-state index in [0.717, 1.165) is 29.8 Å². The van der Waals surface area contributed by atoms with Crippen molar-refractivity contribution in [3.8, 4) is 5.75 Å². The molecule has 6 heteroatoms. The fourth-order valence-corrected chi connectivity index (χ4v) is 3.87. The molecule has 4 rings (SSSR count). The highest BCUT2D eigenvalue weighted by atomic mass is 16.3. The molecule has 0 aliphatic carbocycles. The molecule has 1 fully saturated rings. The van der Waals surface area contributed by atoms with Crippen LogP contribution in [-0.2, 0) is 6.54 Å². The van der Waals surface area contributed by atoms with Crippen molar-refractivity contribution in [2.45, 2.75) is 32.2 Å². The van der Waals surface area contributed by atoms with Crippen molar-refractivity contribution >= 4 is 5.91 Å². The van der Waals surface area contributed by atoms with Crippen LogP contribution < -0.4 is 0 Å². The van der Waals surface area contributed by atoms with E-state index in [9.17, 15) is 9.90 Å². The Labute approximate surface area is 164 Å². The van der Waals surface area contributed by atoms with Crippen molar-refractivity contribution in [2.24, 2.45) is 0 Å². The number of aryl methyl sites for hydroxylation is 1. The molecule has 28 heavy (non-hydrogen) atoms. The zero-order valence-corrected chi connectivity index (χ0v) is 16.0. The first-order valence-electron chi connectivity index (χ1n) is 9.60. The molecule has 1 N–H and O–H groups in total. The van der Waals surface area contributed by atoms with E-state index in [-0.39, 0.29) is 17.6 Å². The smallest absolute Gasteiger partial charge is 0.257 e. The minimum Gasteiger partial charge on any atom is -0.507 e. The number of aromatic hydroxyl groups is 1. The number of carbonyl (C=O) groups excluding carboxylic acids is 1. The third-order valence-electron chi connectivity index (χ3n) is 5.28. The number of amides is 1. The first-order valence-corrected chi connectivity index (χ1v) is 9.60. The Morgan fingerprint density at radius 3 is 3.00 bits per heavy atom. The number of imidazole rings is 1. The lowest BCUT2D eigenvalue weighted by atomic mass is 9.96. The predicted octanol–water partition coefficient (Wildman–Crippen LogP) is 3.36. The summed E-state index contributed by atoms with van der Waals surface area (Å²) < 4.78 is 2.14. The van der Waals surface area contributed by atoms with Crippen molar-refractivity contribution in [1.29, 1.82) is 0 Å². The Morgan fingerprint density at radius 2 is 2.18 bits per heavy atom. The lowest BCUT2D eigenvalue weighted by Crippen LogP contribution is -2.39. The number of carbonyl (C=O) groups is 1. The van der Waals surface area contributed by atoms with Gasteiger partial charge in [-0.05, 0) is 43.5 Å². The lowest BCUT2D eigenvalue weighted by molar-refractivity contribution is 0.0700. The average Bonchev–Trinajstić information content (AvgIpc) is 3.18. The number of hydrogen-bond donors (Lipinski definition) is 1. The van der Waals surface area contributed by atoms with Gasteiger partial charge < -0.3 is 14.6 Å². The van der Waals surface area contributed by atoms with E-state index in [0.29, 0.717) is 25.2 Å². The number of pyridine rings is 1. The van der Waals surface area contributed by atoms with E-state index in [1.165, 1.54) is 0 Å². The molecule has 0 bridgehead atoms. The first-order chi connectivity index (χ1) is 13.6. The van der Waals surface area contributed by atoms with Gasteiger partial charge in [0.1, 0.15) is 11.6 Å². The molecule has 0 saturated carbocycles. The second-order valence-electron chi connectivity index (χ2n) is 7.39. The molecule has 144 valence electrons. The van der Waals surface area contributed by atoms with Crippen LogP contribution in [0.25, 0.3) is 0 Å². The quantitative estimate of drug-likeness (QED) is 0.758. The van der Waals surface area contributed by atoms with E-state index in [2.05, 4.69) is 14.5 Å². The van der Waals surface area contributed by atoms with Gasteiger partial charge in [0.2, 0.25) is 0 Å². The highest BCUT2D eigenvalue weighted by molar-refractivity contribution is 5.97. The molecule has 0 spiro atoms. The van der Waals surface area contributed by atoms with E-state index >= 15 is 0 Å². The summed E-state index contributed by atoms with van der Waals surface area (Å²) in [7, 11) is 0. The zero-order valence-electron chi connectivity index (χ0n) is 16.0. The molecule has 6 nitrogen and oxygen atoms in total. The van der Waals surface area contributed by atoms with Crippen molar-refractivity contribution in [1.82, 2.24) is 19.4 Å². The number of phenolic OH excluding ortho intramolecular Hbond substituents is 1. The van der Waals surface area contributed by atoms with Gasteiger partial charge in [0.25, 0.3) is 5.91 Å². The number of benzene rings is 1. The number of nitrogens with zero attached hydrogens (tertiary/aromatic N) is 4.